The van der Waals surface area contributed by atoms with Gasteiger partial charge in [0.2, 0.25) is 15.9 Å². The number of nitrogens with zero attached hydrogens (tertiary/aromatic N) is 1. The third kappa shape index (κ3) is 6.31. The molecule has 0 fully saturated rings. The Morgan fingerprint density at radius 3 is 2.27 bits per heavy atom. The van der Waals surface area contributed by atoms with Gasteiger partial charge in [-0.05, 0) is 54.2 Å². The highest BCUT2D eigenvalue weighted by Crippen LogP contribution is 2.32. The van der Waals surface area contributed by atoms with Crippen LogP contribution in [-0.2, 0) is 21.4 Å². The number of nitrogens with one attached hydrogen (secondary N) is 1. The van der Waals surface area contributed by atoms with E-state index in [1.165, 1.54) is 4.31 Å². The van der Waals surface area contributed by atoms with Gasteiger partial charge in [0.25, 0.3) is 0 Å². The Kier molecular flexibility index (Phi) is 8.03. The van der Waals surface area contributed by atoms with E-state index < -0.39 is 10.0 Å². The van der Waals surface area contributed by atoms with Gasteiger partial charge in [0.1, 0.15) is 5.75 Å². The number of methoxy groups -OCH3 is 1. The molecule has 0 heterocycles. The fourth-order valence-corrected chi connectivity index (χ4v) is 4.15. The Bertz CT molecular complexity index is 972. The van der Waals surface area contributed by atoms with Gasteiger partial charge in [-0.25, -0.2) is 8.42 Å². The molecule has 30 heavy (non-hydrogen) atoms. The first-order chi connectivity index (χ1) is 14.0. The van der Waals surface area contributed by atoms with E-state index in [0.717, 1.165) is 34.3 Å². The van der Waals surface area contributed by atoms with Crippen LogP contribution in [0.15, 0.2) is 42.5 Å². The van der Waals surface area contributed by atoms with E-state index in [2.05, 4.69) is 25.2 Å². The van der Waals surface area contributed by atoms with Crippen molar-refractivity contribution < 1.29 is 17.9 Å². The molecule has 1 N–H and O–H groups in total. The molecule has 164 valence electrons. The van der Waals surface area contributed by atoms with Crippen molar-refractivity contribution in [1.29, 1.82) is 0 Å². The van der Waals surface area contributed by atoms with E-state index in [1.807, 2.05) is 50.2 Å². The van der Waals surface area contributed by atoms with Crippen LogP contribution in [0.25, 0.3) is 0 Å². The van der Waals surface area contributed by atoms with Crippen LogP contribution in [0.4, 0.5) is 0 Å². The van der Waals surface area contributed by atoms with Crippen molar-refractivity contribution in [1.82, 2.24) is 9.62 Å². The topological polar surface area (TPSA) is 75.7 Å². The molecule has 0 aromatic heterocycles. The SMILES string of the molecule is COc1cc(C)c([C@@H](C)NC(=O)CN(Cc2ccccc2)S(C)(=O)=O)cc1C(C)C. The van der Waals surface area contributed by atoms with Crippen LogP contribution in [0.1, 0.15) is 55.0 Å². The van der Waals surface area contributed by atoms with Gasteiger partial charge in [0.05, 0.1) is 26.0 Å². The second-order valence-electron chi connectivity index (χ2n) is 7.91. The number of hydrogen-bond donors (Lipinski definition) is 1. The summed E-state index contributed by atoms with van der Waals surface area (Å²) in [7, 11) is -1.89. The van der Waals surface area contributed by atoms with Crippen LogP contribution in [0.5, 0.6) is 5.75 Å². The zero-order valence-corrected chi connectivity index (χ0v) is 19.4. The lowest BCUT2D eigenvalue weighted by molar-refractivity contribution is -0.122. The van der Waals surface area contributed by atoms with Crippen LogP contribution in [0.3, 0.4) is 0 Å². The van der Waals surface area contributed by atoms with Gasteiger partial charge in [-0.2, -0.15) is 4.31 Å². The Morgan fingerprint density at radius 1 is 1.10 bits per heavy atom. The standard InChI is InChI=1S/C23H32N2O4S/c1-16(2)20-13-21(17(3)12-22(20)29-5)18(4)24-23(26)15-25(30(6,27)28)14-19-10-8-7-9-11-19/h7-13,16,18H,14-15H2,1-6H3,(H,24,26)/t18-/m1/s1. The molecule has 0 saturated carbocycles. The van der Waals surface area contributed by atoms with Crippen LogP contribution in [0, 0.1) is 6.92 Å². The molecule has 7 heteroatoms. The van der Waals surface area contributed by atoms with Crippen molar-refractivity contribution in [3.05, 3.63) is 64.7 Å². The minimum atomic E-state index is -3.54. The molecular weight excluding hydrogens is 400 g/mol. The zero-order chi connectivity index (χ0) is 22.5. The van der Waals surface area contributed by atoms with Crippen LogP contribution >= 0.6 is 0 Å². The molecule has 0 aliphatic carbocycles. The maximum absolute atomic E-state index is 12.7. The molecule has 0 bridgehead atoms. The summed E-state index contributed by atoms with van der Waals surface area (Å²) >= 11 is 0. The molecule has 1 atom stereocenters. The quantitative estimate of drug-likeness (QED) is 0.655. The first-order valence-corrected chi connectivity index (χ1v) is 11.8. The third-order valence-electron chi connectivity index (χ3n) is 5.08. The Hall–Kier alpha value is -2.38. The molecule has 0 unspecified atom stereocenters. The van der Waals surface area contributed by atoms with Gasteiger partial charge < -0.3 is 10.1 Å². The highest BCUT2D eigenvalue weighted by molar-refractivity contribution is 7.88. The average Bonchev–Trinajstić information content (AvgIpc) is 2.66. The summed E-state index contributed by atoms with van der Waals surface area (Å²) in [4.78, 5) is 12.7. The number of benzene rings is 2. The molecule has 2 aromatic rings. The van der Waals surface area contributed by atoms with Crippen molar-refractivity contribution in [3.63, 3.8) is 0 Å². The monoisotopic (exact) mass is 432 g/mol. The predicted octanol–water partition coefficient (Wildman–Crippen LogP) is 3.77. The van der Waals surface area contributed by atoms with Gasteiger partial charge >= 0.3 is 0 Å². The van der Waals surface area contributed by atoms with Gasteiger partial charge in [0.15, 0.2) is 0 Å². The molecule has 1 amide bonds. The summed E-state index contributed by atoms with van der Waals surface area (Å²) in [6.07, 6.45) is 1.12. The highest BCUT2D eigenvalue weighted by Gasteiger charge is 2.22. The number of aryl methyl sites for hydroxylation is 1. The number of rotatable bonds is 9. The minimum absolute atomic E-state index is 0.153. The molecule has 2 aromatic carbocycles. The molecule has 2 rings (SSSR count). The third-order valence-corrected chi connectivity index (χ3v) is 6.27. The summed E-state index contributed by atoms with van der Waals surface area (Å²) in [5.74, 6) is 0.759. The number of sulfonamides is 1. The number of hydrogen-bond acceptors (Lipinski definition) is 4. The van der Waals surface area contributed by atoms with Crippen molar-refractivity contribution >= 4 is 15.9 Å². The molecule has 0 aliphatic heterocycles. The summed E-state index contributed by atoms with van der Waals surface area (Å²) in [6.45, 7) is 7.98. The summed E-state index contributed by atoms with van der Waals surface area (Å²) in [6, 6.07) is 13.0. The Morgan fingerprint density at radius 2 is 1.73 bits per heavy atom. The van der Waals surface area contributed by atoms with Crippen molar-refractivity contribution in [2.45, 2.75) is 46.2 Å². The first-order valence-electron chi connectivity index (χ1n) is 9.99. The number of ether oxygens (including phenoxy) is 1. The van der Waals surface area contributed by atoms with Crippen molar-refractivity contribution in [2.75, 3.05) is 19.9 Å². The van der Waals surface area contributed by atoms with E-state index >= 15 is 0 Å². The molecule has 0 saturated heterocycles. The zero-order valence-electron chi connectivity index (χ0n) is 18.6. The maximum Gasteiger partial charge on any atom is 0.235 e. The fourth-order valence-electron chi connectivity index (χ4n) is 3.41. The van der Waals surface area contributed by atoms with Crippen molar-refractivity contribution in [2.24, 2.45) is 0 Å². The lowest BCUT2D eigenvalue weighted by atomic mass is 9.93. The normalized spacial score (nSPS) is 12.8. The minimum Gasteiger partial charge on any atom is -0.496 e. The summed E-state index contributed by atoms with van der Waals surface area (Å²) in [5.41, 5.74) is 3.90. The smallest absolute Gasteiger partial charge is 0.235 e. The molecule has 6 nitrogen and oxygen atoms in total. The molecule has 0 radical (unpaired) electrons. The van der Waals surface area contributed by atoms with Crippen LogP contribution in [-0.4, -0.2) is 38.5 Å². The molecule has 0 spiro atoms. The van der Waals surface area contributed by atoms with Crippen LogP contribution in [0.2, 0.25) is 0 Å². The van der Waals surface area contributed by atoms with E-state index in [-0.39, 0.29) is 31.0 Å². The largest absolute Gasteiger partial charge is 0.496 e. The van der Waals surface area contributed by atoms with Gasteiger partial charge in [0, 0.05) is 6.54 Å². The lowest BCUT2D eigenvalue weighted by Gasteiger charge is -2.23. The Balaban J connectivity index is 2.17. The predicted molar refractivity (Wildman–Crippen MR) is 120 cm³/mol. The fraction of sp³-hybridized carbons (Fsp3) is 0.435. The van der Waals surface area contributed by atoms with Crippen LogP contribution < -0.4 is 10.1 Å². The first kappa shape index (κ1) is 23.9. The maximum atomic E-state index is 12.7. The number of carbonyl (C=O) groups excluding carboxylic acids is 1. The number of amides is 1. The average molecular weight is 433 g/mol. The van der Waals surface area contributed by atoms with Crippen molar-refractivity contribution in [3.8, 4) is 5.75 Å². The summed E-state index contributed by atoms with van der Waals surface area (Å²) < 4.78 is 31.1. The van der Waals surface area contributed by atoms with E-state index in [9.17, 15) is 13.2 Å². The van der Waals surface area contributed by atoms with Gasteiger partial charge in [-0.3, -0.25) is 4.79 Å². The highest BCUT2D eigenvalue weighted by atomic mass is 32.2. The lowest BCUT2D eigenvalue weighted by Crippen LogP contribution is -2.40. The van der Waals surface area contributed by atoms with E-state index in [0.29, 0.717) is 0 Å². The summed E-state index contributed by atoms with van der Waals surface area (Å²) in [5, 5.41) is 2.94. The molecular formula is C23H32N2O4S. The second-order valence-corrected chi connectivity index (χ2v) is 9.89. The van der Waals surface area contributed by atoms with Gasteiger partial charge in [-0.15, -0.1) is 0 Å². The second kappa shape index (κ2) is 10.1. The number of carbonyl (C=O) groups is 1. The van der Waals surface area contributed by atoms with E-state index in [4.69, 9.17) is 4.74 Å². The Labute approximate surface area is 180 Å². The van der Waals surface area contributed by atoms with E-state index in [1.54, 1.807) is 7.11 Å². The molecule has 0 aliphatic rings. The van der Waals surface area contributed by atoms with Gasteiger partial charge in [-0.1, -0.05) is 44.2 Å².